The van der Waals surface area contributed by atoms with Gasteiger partial charge in [-0.05, 0) is 52.0 Å². The standard InChI is InChI=1S/C14H25F3N2/c1-10(18)13-4-2-3-9-19(13)12-7-5-11(6-8-12)14(15,16)17/h10-13H,2-9,18H2,1H3. The first-order chi connectivity index (χ1) is 8.89. The van der Waals surface area contributed by atoms with Crippen molar-refractivity contribution in [2.75, 3.05) is 6.54 Å². The van der Waals surface area contributed by atoms with Crippen LogP contribution in [0.4, 0.5) is 13.2 Å². The monoisotopic (exact) mass is 278 g/mol. The molecule has 1 saturated heterocycles. The summed E-state index contributed by atoms with van der Waals surface area (Å²) in [6.45, 7) is 3.03. The minimum atomic E-state index is -4.01. The van der Waals surface area contributed by atoms with E-state index in [1.807, 2.05) is 6.92 Å². The zero-order chi connectivity index (χ0) is 14.0. The minimum absolute atomic E-state index is 0.112. The predicted octanol–water partition coefficient (Wildman–Crippen LogP) is 3.31. The zero-order valence-electron chi connectivity index (χ0n) is 11.6. The van der Waals surface area contributed by atoms with Crippen LogP contribution in [0.15, 0.2) is 0 Å². The zero-order valence-corrected chi connectivity index (χ0v) is 11.6. The molecule has 1 aliphatic carbocycles. The fourth-order valence-electron chi connectivity index (χ4n) is 3.73. The Labute approximate surface area is 113 Å². The quantitative estimate of drug-likeness (QED) is 0.839. The Morgan fingerprint density at radius 3 is 2.21 bits per heavy atom. The molecule has 0 aromatic carbocycles. The summed E-state index contributed by atoms with van der Waals surface area (Å²) in [6, 6.07) is 0.789. The van der Waals surface area contributed by atoms with Crippen molar-refractivity contribution in [2.24, 2.45) is 11.7 Å². The number of hydrogen-bond acceptors (Lipinski definition) is 2. The molecule has 0 aromatic rings. The smallest absolute Gasteiger partial charge is 0.327 e. The minimum Gasteiger partial charge on any atom is -0.327 e. The second-order valence-corrected chi connectivity index (χ2v) is 6.21. The summed E-state index contributed by atoms with van der Waals surface area (Å²) < 4.78 is 38.0. The molecular formula is C14H25F3N2. The largest absolute Gasteiger partial charge is 0.391 e. The highest BCUT2D eigenvalue weighted by Crippen LogP contribution is 2.39. The molecule has 1 saturated carbocycles. The van der Waals surface area contributed by atoms with E-state index in [-0.39, 0.29) is 18.9 Å². The predicted molar refractivity (Wildman–Crippen MR) is 69.8 cm³/mol. The second kappa shape index (κ2) is 6.00. The Morgan fingerprint density at radius 1 is 1.05 bits per heavy atom. The lowest BCUT2D eigenvalue weighted by Crippen LogP contribution is -2.54. The molecule has 5 heteroatoms. The molecule has 2 atom stereocenters. The number of likely N-dealkylation sites (tertiary alicyclic amines) is 1. The van der Waals surface area contributed by atoms with Crippen LogP contribution in [-0.2, 0) is 0 Å². The summed E-state index contributed by atoms with van der Waals surface area (Å²) >= 11 is 0. The van der Waals surface area contributed by atoms with Crippen molar-refractivity contribution in [3.05, 3.63) is 0 Å². The lowest BCUT2D eigenvalue weighted by atomic mass is 9.83. The number of nitrogens with zero attached hydrogens (tertiary/aromatic N) is 1. The maximum Gasteiger partial charge on any atom is 0.391 e. The van der Waals surface area contributed by atoms with Gasteiger partial charge in [0.2, 0.25) is 0 Å². The molecule has 0 bridgehead atoms. The summed E-state index contributed by atoms with van der Waals surface area (Å²) in [5.74, 6) is -1.08. The molecule has 2 N–H and O–H groups in total. The van der Waals surface area contributed by atoms with Gasteiger partial charge in [0, 0.05) is 18.1 Å². The average molecular weight is 278 g/mol. The Balaban J connectivity index is 1.92. The molecule has 0 spiro atoms. The van der Waals surface area contributed by atoms with Crippen LogP contribution >= 0.6 is 0 Å². The van der Waals surface area contributed by atoms with Gasteiger partial charge in [0.1, 0.15) is 0 Å². The van der Waals surface area contributed by atoms with Gasteiger partial charge in [0.15, 0.2) is 0 Å². The SMILES string of the molecule is CC(N)C1CCCCN1C1CCC(C(F)(F)F)CC1. The Kier molecular flexibility index (Phi) is 4.77. The molecular weight excluding hydrogens is 253 g/mol. The summed E-state index contributed by atoms with van der Waals surface area (Å²) in [5, 5.41) is 0. The number of piperidine rings is 1. The van der Waals surface area contributed by atoms with Crippen molar-refractivity contribution in [1.29, 1.82) is 0 Å². The van der Waals surface area contributed by atoms with E-state index in [1.165, 1.54) is 6.42 Å². The van der Waals surface area contributed by atoms with Crippen LogP contribution in [0.1, 0.15) is 51.9 Å². The Hall–Kier alpha value is -0.290. The van der Waals surface area contributed by atoms with Crippen LogP contribution in [0.2, 0.25) is 0 Å². The maximum absolute atomic E-state index is 12.7. The van der Waals surface area contributed by atoms with E-state index in [1.54, 1.807) is 0 Å². The van der Waals surface area contributed by atoms with Crippen LogP contribution in [0.3, 0.4) is 0 Å². The first-order valence-corrected chi connectivity index (χ1v) is 7.47. The van der Waals surface area contributed by atoms with Crippen molar-refractivity contribution < 1.29 is 13.2 Å². The number of hydrogen-bond donors (Lipinski definition) is 1. The molecule has 1 heterocycles. The Bertz CT molecular complexity index is 283. The van der Waals surface area contributed by atoms with E-state index in [2.05, 4.69) is 4.90 Å². The van der Waals surface area contributed by atoms with Crippen LogP contribution in [0, 0.1) is 5.92 Å². The summed E-state index contributed by atoms with van der Waals surface area (Å²) in [4.78, 5) is 2.40. The number of rotatable bonds is 2. The molecule has 19 heavy (non-hydrogen) atoms. The lowest BCUT2D eigenvalue weighted by molar-refractivity contribution is -0.185. The number of alkyl halides is 3. The third kappa shape index (κ3) is 3.63. The molecule has 2 nitrogen and oxygen atoms in total. The third-order valence-corrected chi connectivity index (χ3v) is 4.83. The van der Waals surface area contributed by atoms with E-state index >= 15 is 0 Å². The molecule has 2 aliphatic rings. The maximum atomic E-state index is 12.7. The molecule has 2 unspecified atom stereocenters. The summed E-state index contributed by atoms with van der Waals surface area (Å²) in [7, 11) is 0. The highest BCUT2D eigenvalue weighted by atomic mass is 19.4. The van der Waals surface area contributed by atoms with Crippen molar-refractivity contribution >= 4 is 0 Å². The molecule has 0 aromatic heterocycles. The number of nitrogens with two attached hydrogens (primary N) is 1. The molecule has 0 radical (unpaired) electrons. The fourth-order valence-corrected chi connectivity index (χ4v) is 3.73. The topological polar surface area (TPSA) is 29.3 Å². The molecule has 2 fully saturated rings. The van der Waals surface area contributed by atoms with E-state index in [9.17, 15) is 13.2 Å². The van der Waals surface area contributed by atoms with Gasteiger partial charge in [-0.15, -0.1) is 0 Å². The first kappa shape index (κ1) is 15.1. The fraction of sp³-hybridized carbons (Fsp3) is 1.00. The summed E-state index contributed by atoms with van der Waals surface area (Å²) in [5.41, 5.74) is 6.04. The van der Waals surface area contributed by atoms with Crippen LogP contribution in [0.25, 0.3) is 0 Å². The highest BCUT2D eigenvalue weighted by Gasteiger charge is 2.43. The average Bonchev–Trinajstić information content (AvgIpc) is 2.38. The first-order valence-electron chi connectivity index (χ1n) is 7.47. The van der Waals surface area contributed by atoms with Gasteiger partial charge in [-0.2, -0.15) is 13.2 Å². The molecule has 2 rings (SSSR count). The van der Waals surface area contributed by atoms with Gasteiger partial charge in [0.25, 0.3) is 0 Å². The molecule has 0 amide bonds. The van der Waals surface area contributed by atoms with Crippen LogP contribution in [0.5, 0.6) is 0 Å². The lowest BCUT2D eigenvalue weighted by Gasteiger charge is -2.45. The van der Waals surface area contributed by atoms with E-state index in [0.29, 0.717) is 24.9 Å². The normalized spacial score (nSPS) is 36.2. The summed E-state index contributed by atoms with van der Waals surface area (Å²) in [6.07, 6.45) is 1.36. The van der Waals surface area contributed by atoms with Crippen molar-refractivity contribution in [2.45, 2.75) is 76.2 Å². The number of halogens is 3. The van der Waals surface area contributed by atoms with Crippen molar-refractivity contribution in [3.8, 4) is 0 Å². The van der Waals surface area contributed by atoms with E-state index in [0.717, 1.165) is 19.4 Å². The van der Waals surface area contributed by atoms with Gasteiger partial charge < -0.3 is 5.73 Å². The van der Waals surface area contributed by atoms with Crippen LogP contribution < -0.4 is 5.73 Å². The van der Waals surface area contributed by atoms with Gasteiger partial charge in [0.05, 0.1) is 5.92 Å². The van der Waals surface area contributed by atoms with Gasteiger partial charge in [-0.25, -0.2) is 0 Å². The van der Waals surface area contributed by atoms with Crippen molar-refractivity contribution in [3.63, 3.8) is 0 Å². The third-order valence-electron chi connectivity index (χ3n) is 4.83. The highest BCUT2D eigenvalue weighted by molar-refractivity contribution is 4.90. The molecule has 112 valence electrons. The van der Waals surface area contributed by atoms with Crippen molar-refractivity contribution in [1.82, 2.24) is 4.90 Å². The van der Waals surface area contributed by atoms with Crippen LogP contribution in [-0.4, -0.2) is 35.7 Å². The van der Waals surface area contributed by atoms with Gasteiger partial charge in [-0.3, -0.25) is 4.90 Å². The van der Waals surface area contributed by atoms with Gasteiger partial charge in [-0.1, -0.05) is 6.42 Å². The van der Waals surface area contributed by atoms with E-state index < -0.39 is 12.1 Å². The second-order valence-electron chi connectivity index (χ2n) is 6.21. The van der Waals surface area contributed by atoms with Gasteiger partial charge >= 0.3 is 6.18 Å². The Morgan fingerprint density at radius 2 is 1.68 bits per heavy atom. The molecule has 1 aliphatic heterocycles. The van der Waals surface area contributed by atoms with E-state index in [4.69, 9.17) is 5.73 Å².